The lowest BCUT2D eigenvalue weighted by Gasteiger charge is -2.34. The summed E-state index contributed by atoms with van der Waals surface area (Å²) in [6, 6.07) is 0.330. The van der Waals surface area contributed by atoms with E-state index in [-0.39, 0.29) is 24.4 Å². The molecule has 0 saturated carbocycles. The highest BCUT2D eigenvalue weighted by Crippen LogP contribution is 2.36. The van der Waals surface area contributed by atoms with E-state index in [4.69, 9.17) is 14.0 Å². The van der Waals surface area contributed by atoms with Gasteiger partial charge in [0.05, 0.1) is 23.9 Å². The summed E-state index contributed by atoms with van der Waals surface area (Å²) in [6.07, 6.45) is 4.06. The van der Waals surface area contributed by atoms with E-state index < -0.39 is 0 Å². The van der Waals surface area contributed by atoms with Gasteiger partial charge in [0.1, 0.15) is 6.04 Å². The number of ether oxygens (including phenoxy) is 1. The lowest BCUT2D eigenvalue weighted by molar-refractivity contribution is -0.0974. The van der Waals surface area contributed by atoms with Crippen molar-refractivity contribution in [3.8, 4) is 0 Å². The smallest absolute Gasteiger partial charge is 0.399 e. The Hall–Kier alpha value is -0.845. The van der Waals surface area contributed by atoms with Gasteiger partial charge >= 0.3 is 7.12 Å². The molecule has 0 aromatic carbocycles. The molecule has 0 radical (unpaired) electrons. The Labute approximate surface area is 114 Å². The van der Waals surface area contributed by atoms with E-state index in [0.29, 0.717) is 6.04 Å². The van der Waals surface area contributed by atoms with Crippen molar-refractivity contribution in [3.63, 3.8) is 0 Å². The highest BCUT2D eigenvalue weighted by atomic mass is 16.7. The molecule has 5 nitrogen and oxygen atoms in total. The molecule has 3 rings (SSSR count). The minimum Gasteiger partial charge on any atom is -0.399 e. The fraction of sp³-hybridized carbons (Fsp3) is 0.769. The van der Waals surface area contributed by atoms with Gasteiger partial charge in [0.15, 0.2) is 0 Å². The Morgan fingerprint density at radius 2 is 1.89 bits per heavy atom. The van der Waals surface area contributed by atoms with E-state index >= 15 is 0 Å². The SMILES string of the molecule is CC1OCC1n1cc(B2OC(C)(C)C(C)(C)O2)cn1. The zero-order valence-corrected chi connectivity index (χ0v) is 12.2. The summed E-state index contributed by atoms with van der Waals surface area (Å²) in [5.74, 6) is 0. The van der Waals surface area contributed by atoms with Crippen molar-refractivity contribution in [1.82, 2.24) is 9.78 Å². The first kappa shape index (κ1) is 13.2. The molecule has 2 aliphatic heterocycles. The second-order valence-corrected chi connectivity index (χ2v) is 6.45. The number of rotatable bonds is 2. The summed E-state index contributed by atoms with van der Waals surface area (Å²) in [6.45, 7) is 11.0. The van der Waals surface area contributed by atoms with E-state index in [1.54, 1.807) is 0 Å². The third-order valence-electron chi connectivity index (χ3n) is 4.56. The first-order valence-electron chi connectivity index (χ1n) is 6.81. The van der Waals surface area contributed by atoms with Crippen LogP contribution in [0.15, 0.2) is 12.4 Å². The van der Waals surface area contributed by atoms with Crippen molar-refractivity contribution in [2.24, 2.45) is 0 Å². The molecule has 6 heteroatoms. The molecule has 0 N–H and O–H groups in total. The van der Waals surface area contributed by atoms with Gasteiger partial charge in [0, 0.05) is 17.9 Å². The highest BCUT2D eigenvalue weighted by molar-refractivity contribution is 6.61. The molecule has 0 aliphatic carbocycles. The average molecular weight is 264 g/mol. The van der Waals surface area contributed by atoms with Crippen LogP contribution >= 0.6 is 0 Å². The lowest BCUT2D eigenvalue weighted by atomic mass is 9.82. The van der Waals surface area contributed by atoms with E-state index in [2.05, 4.69) is 39.7 Å². The maximum absolute atomic E-state index is 6.01. The molecule has 1 aromatic rings. The monoisotopic (exact) mass is 264 g/mol. The molecule has 19 heavy (non-hydrogen) atoms. The second kappa shape index (κ2) is 4.07. The van der Waals surface area contributed by atoms with Crippen molar-refractivity contribution in [2.45, 2.75) is 58.0 Å². The first-order chi connectivity index (χ1) is 8.80. The molecular formula is C13H21BN2O3. The summed E-state index contributed by atoms with van der Waals surface area (Å²) in [4.78, 5) is 0. The minimum absolute atomic E-state index is 0.228. The van der Waals surface area contributed by atoms with Gasteiger partial charge in [-0.15, -0.1) is 0 Å². The van der Waals surface area contributed by atoms with Gasteiger partial charge in [-0.25, -0.2) is 0 Å². The maximum atomic E-state index is 6.01. The van der Waals surface area contributed by atoms with E-state index in [9.17, 15) is 0 Å². The fourth-order valence-corrected chi connectivity index (χ4v) is 2.30. The van der Waals surface area contributed by atoms with Gasteiger partial charge in [-0.3, -0.25) is 4.68 Å². The Kier molecular flexibility index (Phi) is 2.82. The summed E-state index contributed by atoms with van der Waals surface area (Å²) in [7, 11) is -0.338. The van der Waals surface area contributed by atoms with E-state index in [1.807, 2.05) is 17.1 Å². The van der Waals surface area contributed by atoms with Crippen molar-refractivity contribution in [2.75, 3.05) is 6.61 Å². The van der Waals surface area contributed by atoms with Crippen LogP contribution in [-0.2, 0) is 14.0 Å². The molecule has 2 fully saturated rings. The largest absolute Gasteiger partial charge is 0.498 e. The van der Waals surface area contributed by atoms with Crippen LogP contribution in [0.4, 0.5) is 0 Å². The molecule has 3 heterocycles. The van der Waals surface area contributed by atoms with E-state index in [0.717, 1.165) is 12.1 Å². The molecule has 104 valence electrons. The standard InChI is InChI=1S/C13H21BN2O3/c1-9-11(8-17-9)16-7-10(6-15-16)14-18-12(2,3)13(4,5)19-14/h6-7,9,11H,8H2,1-5H3. The normalized spacial score (nSPS) is 32.4. The van der Waals surface area contributed by atoms with Crippen molar-refractivity contribution < 1.29 is 14.0 Å². The van der Waals surface area contributed by atoms with Crippen LogP contribution in [0.2, 0.25) is 0 Å². The van der Waals surface area contributed by atoms with Gasteiger partial charge < -0.3 is 14.0 Å². The molecule has 0 bridgehead atoms. The zero-order valence-electron chi connectivity index (χ0n) is 12.2. The Balaban J connectivity index is 1.78. The highest BCUT2D eigenvalue weighted by Gasteiger charge is 2.52. The van der Waals surface area contributed by atoms with Crippen LogP contribution in [0.1, 0.15) is 40.7 Å². The van der Waals surface area contributed by atoms with Gasteiger partial charge in [-0.05, 0) is 34.6 Å². The van der Waals surface area contributed by atoms with Crippen LogP contribution < -0.4 is 5.46 Å². The van der Waals surface area contributed by atoms with Gasteiger partial charge in [-0.2, -0.15) is 5.10 Å². The lowest BCUT2D eigenvalue weighted by Crippen LogP contribution is -2.41. The molecule has 2 aliphatic rings. The van der Waals surface area contributed by atoms with Crippen LogP contribution in [0.5, 0.6) is 0 Å². The minimum atomic E-state index is -0.338. The summed E-state index contributed by atoms with van der Waals surface area (Å²) >= 11 is 0. The molecule has 2 unspecified atom stereocenters. The molecule has 1 aromatic heterocycles. The summed E-state index contributed by atoms with van der Waals surface area (Å²) in [5.41, 5.74) is 0.344. The predicted molar refractivity (Wildman–Crippen MR) is 72.4 cm³/mol. The Morgan fingerprint density at radius 1 is 1.26 bits per heavy atom. The number of nitrogens with zero attached hydrogens (tertiary/aromatic N) is 2. The zero-order chi connectivity index (χ0) is 13.8. The second-order valence-electron chi connectivity index (χ2n) is 6.45. The van der Waals surface area contributed by atoms with Gasteiger partial charge in [0.25, 0.3) is 0 Å². The fourth-order valence-electron chi connectivity index (χ4n) is 2.30. The topological polar surface area (TPSA) is 45.5 Å². The summed E-state index contributed by atoms with van der Waals surface area (Å²) < 4.78 is 19.4. The Bertz CT molecular complexity index is 470. The number of hydrogen-bond donors (Lipinski definition) is 0. The van der Waals surface area contributed by atoms with Crippen LogP contribution in [0, 0.1) is 0 Å². The molecular weight excluding hydrogens is 243 g/mol. The number of aromatic nitrogens is 2. The van der Waals surface area contributed by atoms with Crippen molar-refractivity contribution in [1.29, 1.82) is 0 Å². The maximum Gasteiger partial charge on any atom is 0.498 e. The predicted octanol–water partition coefficient (Wildman–Crippen LogP) is 1.14. The average Bonchev–Trinajstić information content (AvgIpc) is 2.81. The van der Waals surface area contributed by atoms with Gasteiger partial charge in [-0.1, -0.05) is 0 Å². The van der Waals surface area contributed by atoms with Crippen molar-refractivity contribution in [3.05, 3.63) is 12.4 Å². The summed E-state index contributed by atoms with van der Waals surface area (Å²) in [5, 5.41) is 4.41. The first-order valence-corrected chi connectivity index (χ1v) is 6.81. The molecule has 2 saturated heterocycles. The number of hydrogen-bond acceptors (Lipinski definition) is 4. The third-order valence-corrected chi connectivity index (χ3v) is 4.56. The molecule has 0 amide bonds. The molecule has 0 spiro atoms. The van der Waals surface area contributed by atoms with Crippen molar-refractivity contribution >= 4 is 12.6 Å². The molecule has 2 atom stereocenters. The van der Waals surface area contributed by atoms with Crippen LogP contribution in [0.3, 0.4) is 0 Å². The quantitative estimate of drug-likeness (QED) is 0.751. The van der Waals surface area contributed by atoms with Crippen LogP contribution in [-0.4, -0.2) is 40.8 Å². The van der Waals surface area contributed by atoms with Crippen LogP contribution in [0.25, 0.3) is 0 Å². The third kappa shape index (κ3) is 2.02. The van der Waals surface area contributed by atoms with E-state index in [1.165, 1.54) is 0 Å². The van der Waals surface area contributed by atoms with Gasteiger partial charge in [0.2, 0.25) is 0 Å². The Morgan fingerprint density at radius 3 is 2.37 bits per heavy atom.